The summed E-state index contributed by atoms with van der Waals surface area (Å²) in [6, 6.07) is 30.4. The molecule has 0 bridgehead atoms. The zero-order chi connectivity index (χ0) is 27.1. The maximum atomic E-state index is 6.56. The molecule has 0 saturated carbocycles. The van der Waals surface area contributed by atoms with E-state index in [1.165, 1.54) is 0 Å². The van der Waals surface area contributed by atoms with Gasteiger partial charge >= 0.3 is 0 Å². The van der Waals surface area contributed by atoms with Crippen LogP contribution in [0.25, 0.3) is 0 Å². The van der Waals surface area contributed by atoms with Gasteiger partial charge in [0.15, 0.2) is 6.10 Å². The number of hydrogen-bond acceptors (Lipinski definition) is 5. The quantitative estimate of drug-likeness (QED) is 0.148. The summed E-state index contributed by atoms with van der Waals surface area (Å²) in [6.45, 7) is 10.3. The minimum absolute atomic E-state index is 0.338. The van der Waals surface area contributed by atoms with Crippen LogP contribution in [0.5, 0.6) is 0 Å². The van der Waals surface area contributed by atoms with Crippen LogP contribution in [0.2, 0.25) is 0 Å². The summed E-state index contributed by atoms with van der Waals surface area (Å²) >= 11 is 0. The summed E-state index contributed by atoms with van der Waals surface area (Å²) in [6.07, 6.45) is 3.14. The van der Waals surface area contributed by atoms with Gasteiger partial charge in [-0.2, -0.15) is 0 Å². The first-order chi connectivity index (χ1) is 19.2. The van der Waals surface area contributed by atoms with Crippen LogP contribution in [-0.4, -0.2) is 37.6 Å². The average Bonchev–Trinajstić information content (AvgIpc) is 2.98. The summed E-state index contributed by atoms with van der Waals surface area (Å²) in [5, 5.41) is 0. The molecule has 4 rings (SSSR count). The molecule has 3 aromatic rings. The molecule has 0 aliphatic carbocycles. The van der Waals surface area contributed by atoms with E-state index in [1.54, 1.807) is 0 Å². The summed E-state index contributed by atoms with van der Waals surface area (Å²) in [7, 11) is 0. The van der Waals surface area contributed by atoms with Crippen LogP contribution in [0.4, 0.5) is 0 Å². The molecule has 3 aromatic carbocycles. The first-order valence-electron chi connectivity index (χ1n) is 13.7. The van der Waals surface area contributed by atoms with Crippen molar-refractivity contribution in [2.75, 3.05) is 13.2 Å². The van der Waals surface area contributed by atoms with Gasteiger partial charge in [0, 0.05) is 6.61 Å². The van der Waals surface area contributed by atoms with Crippen molar-refractivity contribution in [1.29, 1.82) is 0 Å². The van der Waals surface area contributed by atoms with Gasteiger partial charge in [0.25, 0.3) is 0 Å². The molecule has 1 aliphatic rings. The topological polar surface area (TPSA) is 46.2 Å². The molecular weight excluding hydrogens is 488 g/mol. The van der Waals surface area contributed by atoms with E-state index in [1.807, 2.05) is 72.8 Å². The smallest absolute Gasteiger partial charge is 0.150 e. The van der Waals surface area contributed by atoms with E-state index in [0.29, 0.717) is 38.8 Å². The second-order valence-electron chi connectivity index (χ2n) is 9.72. The monoisotopic (exact) mass is 528 g/mol. The van der Waals surface area contributed by atoms with Gasteiger partial charge in [-0.15, -0.1) is 6.58 Å². The third kappa shape index (κ3) is 9.19. The van der Waals surface area contributed by atoms with E-state index in [0.717, 1.165) is 36.0 Å². The largest absolute Gasteiger partial charge is 0.487 e. The number of benzene rings is 3. The van der Waals surface area contributed by atoms with Crippen LogP contribution < -0.4 is 0 Å². The molecule has 0 unspecified atom stereocenters. The predicted octanol–water partition coefficient (Wildman–Crippen LogP) is 7.03. The second-order valence-corrected chi connectivity index (χ2v) is 9.72. The Bertz CT molecular complexity index is 1100. The molecule has 0 radical (unpaired) electrons. The van der Waals surface area contributed by atoms with E-state index < -0.39 is 24.4 Å². The van der Waals surface area contributed by atoms with E-state index in [9.17, 15) is 0 Å². The van der Waals surface area contributed by atoms with Crippen LogP contribution in [0.1, 0.15) is 36.0 Å². The van der Waals surface area contributed by atoms with E-state index in [-0.39, 0.29) is 0 Å². The Hall–Kier alpha value is -3.22. The Morgan fingerprint density at radius 3 is 1.77 bits per heavy atom. The molecule has 1 aliphatic heterocycles. The predicted molar refractivity (Wildman–Crippen MR) is 154 cm³/mol. The van der Waals surface area contributed by atoms with Gasteiger partial charge in [0.1, 0.15) is 24.1 Å². The van der Waals surface area contributed by atoms with Crippen molar-refractivity contribution < 1.29 is 23.7 Å². The summed E-state index contributed by atoms with van der Waals surface area (Å²) in [5.74, 6) is 0.546. The van der Waals surface area contributed by atoms with Crippen molar-refractivity contribution in [2.45, 2.75) is 63.5 Å². The summed E-state index contributed by atoms with van der Waals surface area (Å²) < 4.78 is 31.9. The van der Waals surface area contributed by atoms with Crippen molar-refractivity contribution in [3.8, 4) is 0 Å². The zero-order valence-electron chi connectivity index (χ0n) is 22.7. The lowest BCUT2D eigenvalue weighted by molar-refractivity contribution is -0.221. The standard InChI is InChI=1S/C34H40O5/c1-3-4-5-15-22-36-32-27(2)39-31(26-35-23-28-16-9-6-10-17-28)33(37-24-29-18-11-7-12-19-29)34(32)38-25-30-20-13-8-14-21-30/h3,6-14,16-21,31-34H,1-2,4-5,15,22-26H2/t31-,32+,33-,34-/m1/s1. The molecular formula is C34H40O5. The van der Waals surface area contributed by atoms with Gasteiger partial charge in [-0.25, -0.2) is 0 Å². The van der Waals surface area contributed by atoms with Crippen molar-refractivity contribution >= 4 is 0 Å². The maximum absolute atomic E-state index is 6.56. The molecule has 0 spiro atoms. The summed E-state index contributed by atoms with van der Waals surface area (Å²) in [5.41, 5.74) is 3.26. The Balaban J connectivity index is 1.51. The fraction of sp³-hybridized carbons (Fsp3) is 0.353. The highest BCUT2D eigenvalue weighted by Gasteiger charge is 2.45. The average molecular weight is 529 g/mol. The van der Waals surface area contributed by atoms with Crippen LogP contribution >= 0.6 is 0 Å². The molecule has 39 heavy (non-hydrogen) atoms. The molecule has 5 heteroatoms. The van der Waals surface area contributed by atoms with Crippen LogP contribution in [0.3, 0.4) is 0 Å². The highest BCUT2D eigenvalue weighted by Crippen LogP contribution is 2.31. The third-order valence-corrected chi connectivity index (χ3v) is 6.67. The first-order valence-corrected chi connectivity index (χ1v) is 13.7. The summed E-state index contributed by atoms with van der Waals surface area (Å²) in [4.78, 5) is 0. The number of ether oxygens (including phenoxy) is 5. The van der Waals surface area contributed by atoms with Gasteiger partial charge in [-0.1, -0.05) is 104 Å². The van der Waals surface area contributed by atoms with Crippen LogP contribution in [0.15, 0.2) is 116 Å². The van der Waals surface area contributed by atoms with Gasteiger partial charge in [-0.05, 0) is 36.0 Å². The van der Waals surface area contributed by atoms with Crippen molar-refractivity contribution in [2.24, 2.45) is 0 Å². The fourth-order valence-electron chi connectivity index (χ4n) is 4.60. The SMILES string of the molecule is C=CCCCCO[C@H]1C(=C)O[C@H](COCc2ccccc2)[C@@H](OCc2ccccc2)[C@@H]1OCc1ccccc1. The van der Waals surface area contributed by atoms with Gasteiger partial charge in [-0.3, -0.25) is 0 Å². The second kappa shape index (κ2) is 16.0. The van der Waals surface area contributed by atoms with Crippen molar-refractivity contribution in [3.05, 3.63) is 133 Å². The Kier molecular flexibility index (Phi) is 11.8. The zero-order valence-corrected chi connectivity index (χ0v) is 22.7. The van der Waals surface area contributed by atoms with E-state index in [2.05, 4.69) is 37.4 Å². The lowest BCUT2D eigenvalue weighted by Gasteiger charge is -2.43. The highest BCUT2D eigenvalue weighted by molar-refractivity contribution is 5.16. The molecule has 4 atom stereocenters. The van der Waals surface area contributed by atoms with E-state index >= 15 is 0 Å². The molecule has 1 heterocycles. The van der Waals surface area contributed by atoms with Crippen LogP contribution in [0, 0.1) is 0 Å². The lowest BCUT2D eigenvalue weighted by Crippen LogP contribution is -2.56. The number of allylic oxidation sites excluding steroid dienone is 1. The van der Waals surface area contributed by atoms with Gasteiger partial charge < -0.3 is 23.7 Å². The van der Waals surface area contributed by atoms with E-state index in [4.69, 9.17) is 23.7 Å². The number of unbranched alkanes of at least 4 members (excludes halogenated alkanes) is 2. The lowest BCUT2D eigenvalue weighted by atomic mass is 9.97. The Morgan fingerprint density at radius 2 is 1.21 bits per heavy atom. The molecule has 5 nitrogen and oxygen atoms in total. The molecule has 1 saturated heterocycles. The highest BCUT2D eigenvalue weighted by atomic mass is 16.6. The molecule has 0 N–H and O–H groups in total. The molecule has 0 aromatic heterocycles. The molecule has 1 fully saturated rings. The first kappa shape index (κ1) is 28.8. The van der Waals surface area contributed by atoms with Crippen LogP contribution in [-0.2, 0) is 43.5 Å². The van der Waals surface area contributed by atoms with Crippen molar-refractivity contribution in [1.82, 2.24) is 0 Å². The fourth-order valence-corrected chi connectivity index (χ4v) is 4.60. The number of rotatable bonds is 16. The normalized spacial score (nSPS) is 20.9. The number of hydrogen-bond donors (Lipinski definition) is 0. The molecule has 0 amide bonds. The Labute approximate surface area is 233 Å². The maximum Gasteiger partial charge on any atom is 0.150 e. The van der Waals surface area contributed by atoms with Gasteiger partial charge in [0.05, 0.1) is 26.4 Å². The third-order valence-electron chi connectivity index (χ3n) is 6.67. The Morgan fingerprint density at radius 1 is 0.667 bits per heavy atom. The minimum Gasteiger partial charge on any atom is -0.487 e. The minimum atomic E-state index is -0.455. The van der Waals surface area contributed by atoms with Crippen molar-refractivity contribution in [3.63, 3.8) is 0 Å². The molecule has 206 valence electrons. The van der Waals surface area contributed by atoms with Gasteiger partial charge in [0.2, 0.25) is 0 Å².